The van der Waals surface area contributed by atoms with Crippen molar-refractivity contribution in [1.29, 1.82) is 0 Å². The number of hydrogen-bond acceptors (Lipinski definition) is 7. The number of pyridine rings is 3. The molecule has 0 aliphatic carbocycles. The number of amides is 1. The van der Waals surface area contributed by atoms with Gasteiger partial charge in [0, 0.05) is 49.0 Å². The van der Waals surface area contributed by atoms with Gasteiger partial charge in [-0.05, 0) is 13.8 Å². The van der Waals surface area contributed by atoms with Crippen LogP contribution in [0, 0.1) is 17.5 Å². The first-order valence-corrected chi connectivity index (χ1v) is 12.6. The first kappa shape index (κ1) is 25.7. The summed E-state index contributed by atoms with van der Waals surface area (Å²) in [6.07, 6.45) is 3.32. The van der Waals surface area contributed by atoms with Gasteiger partial charge in [-0.2, -0.15) is 5.10 Å². The van der Waals surface area contributed by atoms with Crippen LogP contribution in [0.25, 0.3) is 11.5 Å². The maximum absolute atomic E-state index is 15.0. The van der Waals surface area contributed by atoms with E-state index in [1.54, 1.807) is 13.8 Å². The summed E-state index contributed by atoms with van der Waals surface area (Å²) in [5.74, 6) is -3.63. The van der Waals surface area contributed by atoms with Gasteiger partial charge in [0.05, 0.1) is 39.6 Å². The summed E-state index contributed by atoms with van der Waals surface area (Å²) >= 11 is 6.37. The molecule has 1 N–H and O–H groups in total. The Morgan fingerprint density at radius 3 is 2.73 bits per heavy atom. The third-order valence-corrected chi connectivity index (χ3v) is 6.54. The van der Waals surface area contributed by atoms with Gasteiger partial charge >= 0.3 is 0 Å². The highest BCUT2D eigenvalue weighted by molar-refractivity contribution is 6.31. The third kappa shape index (κ3) is 5.68. The topological polar surface area (TPSA) is 113 Å². The van der Waals surface area contributed by atoms with E-state index in [0.29, 0.717) is 23.5 Å². The number of carbonyl (C=O) groups is 1. The van der Waals surface area contributed by atoms with Gasteiger partial charge in [0.1, 0.15) is 34.5 Å². The number of halogens is 4. The minimum Gasteiger partial charge on any atom is -0.485 e. The van der Waals surface area contributed by atoms with E-state index in [-0.39, 0.29) is 42.7 Å². The minimum absolute atomic E-state index is 0.0386. The monoisotopic (exact) mass is 590 g/mol. The molecule has 4 aromatic rings. The maximum Gasteiger partial charge on any atom is 0.277 e. The number of hydrogen-bond donors (Lipinski definition) is 1. The second-order valence-electron chi connectivity index (χ2n) is 9.69. The first-order chi connectivity index (χ1) is 20.2. The Morgan fingerprint density at radius 1 is 1.22 bits per heavy atom. The molecule has 0 bridgehead atoms. The Kier molecular flexibility index (Phi) is 6.88. The number of nitrogens with one attached hydrogen (secondary N) is 1. The molecule has 0 radical (unpaired) electrons. The van der Waals surface area contributed by atoms with Gasteiger partial charge in [0.15, 0.2) is 17.5 Å². The van der Waals surface area contributed by atoms with Gasteiger partial charge in [-0.3, -0.25) is 19.1 Å². The lowest BCUT2D eigenvalue weighted by Gasteiger charge is -2.23. The predicted octanol–water partition coefficient (Wildman–Crippen LogP) is 3.91. The maximum atomic E-state index is 15.0. The van der Waals surface area contributed by atoms with Crippen molar-refractivity contribution in [2.24, 2.45) is 0 Å². The molecule has 14 heteroatoms. The molecule has 0 fully saturated rings. The van der Waals surface area contributed by atoms with E-state index in [1.165, 1.54) is 29.8 Å². The zero-order valence-electron chi connectivity index (χ0n) is 24.0. The highest BCUT2D eigenvalue weighted by Gasteiger charge is 2.29. The van der Waals surface area contributed by atoms with Crippen molar-refractivity contribution in [2.75, 3.05) is 6.61 Å². The van der Waals surface area contributed by atoms with Crippen molar-refractivity contribution >= 4 is 17.5 Å². The SMILES string of the molecule is [2H]C([2H])(Oc1cc2n(c(=O)c1Cl)-c1cc(-n3cc(F)c(C(C)(C)NC(C)=O)n3)ncc1COCC2)c1ncc(F)cc1F. The number of ether oxygens (including phenoxy) is 2. The van der Waals surface area contributed by atoms with E-state index in [0.717, 1.165) is 10.9 Å². The molecule has 0 unspecified atom stereocenters. The quantitative estimate of drug-likeness (QED) is 0.362. The van der Waals surface area contributed by atoms with Crippen molar-refractivity contribution in [3.63, 3.8) is 0 Å². The molecule has 5 heterocycles. The van der Waals surface area contributed by atoms with Crippen LogP contribution in [0.5, 0.6) is 5.75 Å². The van der Waals surface area contributed by atoms with Crippen LogP contribution in [0.2, 0.25) is 5.02 Å². The summed E-state index contributed by atoms with van der Waals surface area (Å²) < 4.78 is 72.4. The van der Waals surface area contributed by atoms with E-state index in [4.69, 9.17) is 23.8 Å². The Labute approximate surface area is 239 Å². The van der Waals surface area contributed by atoms with Crippen LogP contribution in [-0.2, 0) is 34.7 Å². The van der Waals surface area contributed by atoms with Crippen LogP contribution in [0.3, 0.4) is 0 Å². The molecular weight excluding hydrogens is 565 g/mol. The molecule has 0 aromatic carbocycles. The van der Waals surface area contributed by atoms with Gasteiger partial charge in [-0.15, -0.1) is 0 Å². The summed E-state index contributed by atoms with van der Waals surface area (Å²) in [5.41, 5.74) is -1.75. The second kappa shape index (κ2) is 11.0. The van der Waals surface area contributed by atoms with Gasteiger partial charge < -0.3 is 14.8 Å². The predicted molar refractivity (Wildman–Crippen MR) is 141 cm³/mol. The molecule has 0 spiro atoms. The van der Waals surface area contributed by atoms with Gasteiger partial charge in [0.25, 0.3) is 5.56 Å². The molecule has 1 aliphatic rings. The molecule has 5 rings (SSSR count). The smallest absolute Gasteiger partial charge is 0.277 e. The van der Waals surface area contributed by atoms with Crippen LogP contribution in [0.15, 0.2) is 41.6 Å². The molecule has 4 aromatic heterocycles. The zero-order chi connectivity index (χ0) is 31.3. The summed E-state index contributed by atoms with van der Waals surface area (Å²) in [6, 6.07) is 3.24. The standard InChI is InChI=1S/C27H24ClF3N6O4/c1-14(38)34-27(2,3)25-19(31)11-36(35-25)23-8-21-15(9-33-23)12-40-5-4-17-7-22(24(28)26(39)37(17)21)41-13-20-18(30)6-16(29)10-32-20/h6-11H,4-5,12-13H2,1-3H3,(H,34,38)/i13D2. The molecule has 0 saturated heterocycles. The first-order valence-electron chi connectivity index (χ1n) is 13.2. The van der Waals surface area contributed by atoms with Gasteiger partial charge in [-0.1, -0.05) is 11.6 Å². The number of nitrogens with zero attached hydrogens (tertiary/aromatic N) is 5. The molecule has 0 atom stereocenters. The van der Waals surface area contributed by atoms with Crippen molar-refractivity contribution < 1.29 is 30.2 Å². The van der Waals surface area contributed by atoms with E-state index in [2.05, 4.69) is 20.4 Å². The molecule has 0 saturated carbocycles. The second-order valence-corrected chi connectivity index (χ2v) is 10.1. The van der Waals surface area contributed by atoms with E-state index in [1.807, 2.05) is 0 Å². The fraction of sp³-hybridized carbons (Fsp3) is 0.296. The van der Waals surface area contributed by atoms with Crippen molar-refractivity contribution in [1.82, 2.24) is 29.6 Å². The Hall–Kier alpha value is -4.23. The largest absolute Gasteiger partial charge is 0.485 e. The summed E-state index contributed by atoms with van der Waals surface area (Å²) in [4.78, 5) is 33.1. The molecule has 1 amide bonds. The molecule has 1 aliphatic heterocycles. The Bertz CT molecular complexity index is 1810. The van der Waals surface area contributed by atoms with Gasteiger partial charge in [-0.25, -0.2) is 22.8 Å². The van der Waals surface area contributed by atoms with Crippen molar-refractivity contribution in [3.8, 4) is 17.3 Å². The van der Waals surface area contributed by atoms with E-state index in [9.17, 15) is 22.8 Å². The number of fused-ring (bicyclic) bond motifs is 3. The third-order valence-electron chi connectivity index (χ3n) is 6.19. The zero-order valence-corrected chi connectivity index (χ0v) is 22.7. The lowest BCUT2D eigenvalue weighted by atomic mass is 10.0. The fourth-order valence-corrected chi connectivity index (χ4v) is 4.57. The Morgan fingerprint density at radius 2 is 2.00 bits per heavy atom. The highest BCUT2D eigenvalue weighted by atomic mass is 35.5. The van der Waals surface area contributed by atoms with Gasteiger partial charge in [0.2, 0.25) is 5.91 Å². The highest BCUT2D eigenvalue weighted by Crippen LogP contribution is 2.29. The van der Waals surface area contributed by atoms with Crippen LogP contribution >= 0.6 is 11.6 Å². The number of aromatic nitrogens is 5. The number of rotatable bonds is 6. The lowest BCUT2D eigenvalue weighted by molar-refractivity contribution is -0.120. The van der Waals surface area contributed by atoms with Crippen LogP contribution in [-0.4, -0.2) is 36.8 Å². The normalized spacial score (nSPS) is 14.2. The van der Waals surface area contributed by atoms with E-state index < -0.39 is 51.6 Å². The lowest BCUT2D eigenvalue weighted by Crippen LogP contribution is -2.40. The van der Waals surface area contributed by atoms with Crippen molar-refractivity contribution in [2.45, 2.75) is 45.9 Å². The molecule has 214 valence electrons. The molecule has 41 heavy (non-hydrogen) atoms. The number of carbonyl (C=O) groups excluding carboxylic acids is 1. The molecular formula is C27H24ClF3N6O4. The van der Waals surface area contributed by atoms with Crippen LogP contribution in [0.4, 0.5) is 13.2 Å². The summed E-state index contributed by atoms with van der Waals surface area (Å²) in [7, 11) is 0. The van der Waals surface area contributed by atoms with Crippen molar-refractivity contribution in [3.05, 3.63) is 92.3 Å². The average molecular weight is 591 g/mol. The summed E-state index contributed by atoms with van der Waals surface area (Å²) in [6.45, 7) is 1.81. The molecule has 10 nitrogen and oxygen atoms in total. The fourth-order valence-electron chi connectivity index (χ4n) is 4.39. The Balaban J connectivity index is 1.59. The van der Waals surface area contributed by atoms with E-state index >= 15 is 0 Å². The summed E-state index contributed by atoms with van der Waals surface area (Å²) in [5, 5.41) is 6.40. The van der Waals surface area contributed by atoms with Crippen LogP contribution in [0.1, 0.15) is 46.2 Å². The minimum atomic E-state index is -2.92. The average Bonchev–Trinajstić information content (AvgIpc) is 3.30. The van der Waals surface area contributed by atoms with Crippen LogP contribution < -0.4 is 15.6 Å².